The van der Waals surface area contributed by atoms with E-state index in [4.69, 9.17) is 16.2 Å². The number of hydrogen-bond donors (Lipinski definition) is 0. The zero-order valence-electron chi connectivity index (χ0n) is 79.8. The minimum Gasteiger partial charge on any atom is -0.0625 e. The molecular formula is C103H140. The van der Waals surface area contributed by atoms with Crippen molar-refractivity contribution in [3.63, 3.8) is 0 Å². The fourth-order valence-corrected chi connectivity index (χ4v) is 14.8. The van der Waals surface area contributed by atoms with Crippen LogP contribution in [0, 0.1) is 174 Å². The summed E-state index contributed by atoms with van der Waals surface area (Å²) in [5.41, 5.74) is 32.0. The van der Waals surface area contributed by atoms with Gasteiger partial charge in [0.25, 0.3) is 0 Å². The topological polar surface area (TPSA) is 0 Å². The van der Waals surface area contributed by atoms with Crippen molar-refractivity contribution in [2.24, 2.45) is 35.5 Å². The molecule has 3 aliphatic rings. The first-order valence-corrected chi connectivity index (χ1v) is 38.8. The third-order valence-corrected chi connectivity index (χ3v) is 22.9. The van der Waals surface area contributed by atoms with E-state index in [2.05, 4.69) is 374 Å². The quantitative estimate of drug-likeness (QED) is 0.142. The van der Waals surface area contributed by atoms with Crippen LogP contribution in [0.3, 0.4) is 0 Å². The summed E-state index contributed by atoms with van der Waals surface area (Å²) >= 11 is 0. The van der Waals surface area contributed by atoms with Crippen LogP contribution in [-0.4, -0.2) is 0 Å². The van der Waals surface area contributed by atoms with Crippen LogP contribution in [0.2, 0.25) is 0 Å². The Morgan fingerprint density at radius 1 is 0.252 bits per heavy atom. The third kappa shape index (κ3) is 23.6. The van der Waals surface area contributed by atoms with Gasteiger partial charge in [-0.3, -0.25) is 0 Å². The summed E-state index contributed by atoms with van der Waals surface area (Å²) in [5.74, 6) is 5.93. The molecule has 103 heavy (non-hydrogen) atoms. The Hall–Kier alpha value is -8.32. The van der Waals surface area contributed by atoms with Crippen LogP contribution < -0.4 is 0 Å². The summed E-state index contributed by atoms with van der Waals surface area (Å²) < 4.78 is 58.3. The second-order valence-corrected chi connectivity index (χ2v) is 32.1. The first-order valence-electron chi connectivity index (χ1n) is 44.4. The Morgan fingerprint density at radius 2 is 0.583 bits per heavy atom. The molecule has 0 N–H and O–H groups in total. The molecule has 0 saturated heterocycles. The van der Waals surface area contributed by atoms with Gasteiger partial charge in [-0.05, 0) is 336 Å². The molecule has 0 aliphatic heterocycles. The SMILES string of the molecule is CC1CCC(C)C(C)C1.CC1CCC(C)C(C)C1.Cc1cc(C)c2ccccc2c1C.Cc1cc(C)c2ccccc2c1C.Cc1ccc(C)c(C)c1.Cc1ccc(C)c(C)c1.Cc1ccc2c(C)c(C)ccc2c1.Cc1ccc2cc(C)c(C)cc2c1.[3H]C1c2cc(C)ccc2-c2ccc(C)cc21.[3H][3H].[3H][3H].[3H][3H].[3H][3H].[3H][3H]. The number of benzene rings is 12. The van der Waals surface area contributed by atoms with Crippen molar-refractivity contribution in [3.05, 3.63) is 317 Å². The first kappa shape index (κ1) is 73.0. The van der Waals surface area contributed by atoms with Crippen molar-refractivity contribution >= 4 is 43.1 Å². The molecule has 3 aliphatic carbocycles. The van der Waals surface area contributed by atoms with Crippen LogP contribution in [-0.2, 0) is 6.40 Å². The second kappa shape index (κ2) is 38.4. The maximum absolute atomic E-state index is 8.29. The number of aryl methyl sites for hydroxylation is 20. The van der Waals surface area contributed by atoms with Gasteiger partial charge in [0.2, 0.25) is 0 Å². The van der Waals surface area contributed by atoms with E-state index < -0.39 is 0 Å². The van der Waals surface area contributed by atoms with Gasteiger partial charge in [0.05, 0.1) is 0 Å². The van der Waals surface area contributed by atoms with E-state index in [0.717, 1.165) is 46.6 Å². The van der Waals surface area contributed by atoms with E-state index in [1.165, 1.54) is 204 Å². The van der Waals surface area contributed by atoms with Gasteiger partial charge in [-0.25, -0.2) is 0 Å². The Labute approximate surface area is 644 Å². The minimum atomic E-state index is -0.204. The smallest absolute Gasteiger partial charge is 0.0366 e. The van der Waals surface area contributed by atoms with E-state index in [1.807, 2.05) is 0 Å². The first-order chi connectivity index (χ1) is 54.2. The summed E-state index contributed by atoms with van der Waals surface area (Å²) in [6.07, 6.45) is 8.56. The van der Waals surface area contributed by atoms with Crippen LogP contribution >= 0.6 is 0 Å². The molecule has 2 saturated carbocycles. The lowest BCUT2D eigenvalue weighted by molar-refractivity contribution is 0.220. The number of hydrogen-bond acceptors (Lipinski definition) is 0. The lowest BCUT2D eigenvalue weighted by Crippen LogP contribution is -2.18. The van der Waals surface area contributed by atoms with Crippen LogP contribution in [0.4, 0.5) is 0 Å². The number of rotatable bonds is 0. The van der Waals surface area contributed by atoms with Crippen LogP contribution in [0.15, 0.2) is 194 Å². The Bertz CT molecular complexity index is 4640. The maximum atomic E-state index is 8.29. The Morgan fingerprint density at radius 3 is 0.990 bits per heavy atom. The van der Waals surface area contributed by atoms with Crippen LogP contribution in [0.5, 0.6) is 0 Å². The van der Waals surface area contributed by atoms with Gasteiger partial charge in [0.1, 0.15) is 0 Å². The molecule has 12 aromatic carbocycles. The highest BCUT2D eigenvalue weighted by Crippen LogP contribution is 2.38. The second-order valence-electron chi connectivity index (χ2n) is 32.1. The predicted molar refractivity (Wildman–Crippen MR) is 471 cm³/mol. The molecule has 12 aromatic rings. The van der Waals surface area contributed by atoms with Crippen LogP contribution in [0.1, 0.15) is 219 Å². The zero-order valence-corrected chi connectivity index (χ0v) is 68.8. The molecule has 2 fully saturated rings. The van der Waals surface area contributed by atoms with Crippen molar-refractivity contribution in [1.29, 1.82) is 0 Å². The molecular weight excluding hydrogens is 1240 g/mol. The van der Waals surface area contributed by atoms with Crippen LogP contribution in [0.25, 0.3) is 54.2 Å². The van der Waals surface area contributed by atoms with E-state index in [0.29, 0.717) is 0 Å². The highest BCUT2D eigenvalue weighted by atomic mass is 14.3. The monoisotopic (exact) mass is 1400 g/mol. The number of fused-ring (bicyclic) bond motifs is 7. The molecule has 552 valence electrons. The van der Waals surface area contributed by atoms with Gasteiger partial charge in [0, 0.05) is 16.2 Å². The lowest BCUT2D eigenvalue weighted by Gasteiger charge is -2.29. The standard InChI is InChI=1S/C15H14.4C13H14.2C9H18.2C9H12.5H2/c1-10-3-5-14-12(7-10)9-13-8-11(2)4-6-15(13)14;1-9-4-7-13-11(3)10(2)5-6-12(13)8-9;1-9-4-5-12-7-10(2)11(3)8-13(12)6-9;2*1-9-8-10(2)12-6-4-5-7-13(12)11(9)3;4*1-7-4-5-8(2)9(3)6-7;;;;;/h3-8H,9H2,1-2H3;4*4-8H,1-3H3;2*7-9H,4-6H2,1-3H3;2*4-6H,1-3H3;5*1H/i9T;;;;;;;;;5*1+2T. The van der Waals surface area contributed by atoms with E-state index >= 15 is 0 Å². The summed E-state index contributed by atoms with van der Waals surface area (Å²) in [7, 11) is 0. The summed E-state index contributed by atoms with van der Waals surface area (Å²) in [6.45, 7) is 57.3. The van der Waals surface area contributed by atoms with Gasteiger partial charge in [-0.15, -0.1) is 0 Å². The largest absolute Gasteiger partial charge is 0.0625 e. The van der Waals surface area contributed by atoms with E-state index in [-0.39, 0.29) is 6.40 Å². The third-order valence-electron chi connectivity index (χ3n) is 22.9. The lowest BCUT2D eigenvalue weighted by atomic mass is 9.77. The molecule has 0 aromatic heterocycles. The van der Waals surface area contributed by atoms with E-state index in [9.17, 15) is 0 Å². The predicted octanol–water partition coefficient (Wildman–Crippen LogP) is 31.5. The summed E-state index contributed by atoms with van der Waals surface area (Å²) in [4.78, 5) is 0. The van der Waals surface area contributed by atoms with Crippen molar-refractivity contribution in [1.82, 2.24) is 0 Å². The van der Waals surface area contributed by atoms with E-state index in [1.54, 1.807) is 0 Å². The van der Waals surface area contributed by atoms with Crippen molar-refractivity contribution in [3.8, 4) is 11.1 Å². The highest BCUT2D eigenvalue weighted by molar-refractivity contribution is 5.91. The van der Waals surface area contributed by atoms with Gasteiger partial charge >= 0.3 is 0 Å². The molecule has 6 unspecified atom stereocenters. The summed E-state index contributed by atoms with van der Waals surface area (Å²) in [6, 6.07) is 69.7. The van der Waals surface area contributed by atoms with Gasteiger partial charge in [0.15, 0.2) is 0 Å². The molecule has 0 radical (unpaired) electrons. The molecule has 0 bridgehead atoms. The molecule has 0 heterocycles. The van der Waals surface area contributed by atoms with Crippen molar-refractivity contribution < 1.29 is 16.2 Å². The van der Waals surface area contributed by atoms with Crippen molar-refractivity contribution in [2.75, 3.05) is 0 Å². The summed E-state index contributed by atoms with van der Waals surface area (Å²) in [5, 5.41) is 11.0. The normalized spacial score (nSPS) is 17.5. The van der Waals surface area contributed by atoms with Gasteiger partial charge in [-0.2, -0.15) is 0 Å². The molecule has 0 amide bonds. The zero-order chi connectivity index (χ0) is 86.4. The Balaban J connectivity index is 0.000000431. The average molecular weight is 1400 g/mol. The minimum absolute atomic E-state index is 0.204. The maximum Gasteiger partial charge on any atom is 0.0366 e. The average Bonchev–Trinajstić information content (AvgIpc) is 1.60. The molecule has 6 atom stereocenters. The van der Waals surface area contributed by atoms with Crippen molar-refractivity contribution in [2.45, 2.75) is 225 Å². The fourth-order valence-electron chi connectivity index (χ4n) is 14.8. The highest BCUT2D eigenvalue weighted by Gasteiger charge is 2.22. The fraction of sp³-hybridized carbons (Fsp3) is 0.379. The molecule has 0 nitrogen and oxygen atoms in total. The molecule has 0 spiro atoms. The molecule has 0 heteroatoms. The van der Waals surface area contributed by atoms with Gasteiger partial charge < -0.3 is 0 Å². The Kier molecular flexibility index (Phi) is 27.2. The molecule has 15 rings (SSSR count). The van der Waals surface area contributed by atoms with Gasteiger partial charge in [-0.1, -0.05) is 295 Å².